The SMILES string of the molecule is CCc1cc(CC(N)c2cccc(Cl)c2C)n(CC)n1. The number of hydrogen-bond acceptors (Lipinski definition) is 2. The van der Waals surface area contributed by atoms with Gasteiger partial charge in [0.2, 0.25) is 0 Å². The molecule has 1 aromatic heterocycles. The van der Waals surface area contributed by atoms with E-state index < -0.39 is 0 Å². The summed E-state index contributed by atoms with van der Waals surface area (Å²) in [5.74, 6) is 0. The molecule has 0 saturated heterocycles. The number of aryl methyl sites for hydroxylation is 2. The quantitative estimate of drug-likeness (QED) is 0.913. The van der Waals surface area contributed by atoms with Gasteiger partial charge in [0.05, 0.1) is 5.69 Å². The lowest BCUT2D eigenvalue weighted by molar-refractivity contribution is 0.584. The molecule has 0 amide bonds. The Balaban J connectivity index is 2.25. The van der Waals surface area contributed by atoms with Gasteiger partial charge in [0.25, 0.3) is 0 Å². The maximum Gasteiger partial charge on any atom is 0.0624 e. The average molecular weight is 292 g/mol. The summed E-state index contributed by atoms with van der Waals surface area (Å²) in [5, 5.41) is 5.34. The van der Waals surface area contributed by atoms with Crippen LogP contribution in [0.3, 0.4) is 0 Å². The number of nitrogens with zero attached hydrogens (tertiary/aromatic N) is 2. The third-order valence-electron chi connectivity index (χ3n) is 3.71. The van der Waals surface area contributed by atoms with Gasteiger partial charge in [0.1, 0.15) is 0 Å². The van der Waals surface area contributed by atoms with Gasteiger partial charge >= 0.3 is 0 Å². The topological polar surface area (TPSA) is 43.8 Å². The minimum Gasteiger partial charge on any atom is -0.324 e. The van der Waals surface area contributed by atoms with Crippen LogP contribution < -0.4 is 5.73 Å². The van der Waals surface area contributed by atoms with E-state index in [0.29, 0.717) is 0 Å². The van der Waals surface area contributed by atoms with Gasteiger partial charge in [-0.15, -0.1) is 0 Å². The number of rotatable bonds is 5. The van der Waals surface area contributed by atoms with Crippen molar-refractivity contribution in [2.75, 3.05) is 0 Å². The molecule has 2 aromatic rings. The Bertz CT molecular complexity index is 589. The Morgan fingerprint density at radius 1 is 1.35 bits per heavy atom. The molecule has 0 aliphatic carbocycles. The molecule has 0 saturated carbocycles. The van der Waals surface area contributed by atoms with Crippen LogP contribution in [-0.2, 0) is 19.4 Å². The smallest absolute Gasteiger partial charge is 0.0624 e. The Kier molecular flexibility index (Phi) is 4.84. The van der Waals surface area contributed by atoms with Crippen molar-refractivity contribution < 1.29 is 0 Å². The first-order valence-electron chi connectivity index (χ1n) is 7.13. The number of hydrogen-bond donors (Lipinski definition) is 1. The molecular weight excluding hydrogens is 270 g/mol. The van der Waals surface area contributed by atoms with Crippen LogP contribution in [0.15, 0.2) is 24.3 Å². The Morgan fingerprint density at radius 2 is 2.10 bits per heavy atom. The van der Waals surface area contributed by atoms with Gasteiger partial charge in [-0.05, 0) is 43.5 Å². The fourth-order valence-electron chi connectivity index (χ4n) is 2.49. The first-order chi connectivity index (χ1) is 9.56. The zero-order valence-corrected chi connectivity index (χ0v) is 13.1. The minimum atomic E-state index is -0.0552. The fourth-order valence-corrected chi connectivity index (χ4v) is 2.67. The summed E-state index contributed by atoms with van der Waals surface area (Å²) < 4.78 is 2.04. The van der Waals surface area contributed by atoms with Crippen LogP contribution in [0.4, 0.5) is 0 Å². The molecule has 108 valence electrons. The Morgan fingerprint density at radius 3 is 2.75 bits per heavy atom. The van der Waals surface area contributed by atoms with E-state index in [1.54, 1.807) is 0 Å². The van der Waals surface area contributed by atoms with Gasteiger partial charge in [-0.3, -0.25) is 4.68 Å². The highest BCUT2D eigenvalue weighted by atomic mass is 35.5. The first-order valence-corrected chi connectivity index (χ1v) is 7.50. The number of benzene rings is 1. The molecule has 0 radical (unpaired) electrons. The highest BCUT2D eigenvalue weighted by Gasteiger charge is 2.15. The second-order valence-electron chi connectivity index (χ2n) is 5.06. The zero-order valence-electron chi connectivity index (χ0n) is 12.4. The van der Waals surface area contributed by atoms with E-state index >= 15 is 0 Å². The van der Waals surface area contributed by atoms with Crippen molar-refractivity contribution in [3.05, 3.63) is 51.8 Å². The zero-order chi connectivity index (χ0) is 14.7. The van der Waals surface area contributed by atoms with Gasteiger partial charge in [-0.2, -0.15) is 5.10 Å². The molecule has 20 heavy (non-hydrogen) atoms. The van der Waals surface area contributed by atoms with Crippen molar-refractivity contribution in [2.24, 2.45) is 5.73 Å². The number of halogens is 1. The van der Waals surface area contributed by atoms with Gasteiger partial charge in [-0.1, -0.05) is 30.7 Å². The summed E-state index contributed by atoms with van der Waals surface area (Å²) in [4.78, 5) is 0. The van der Waals surface area contributed by atoms with E-state index in [1.165, 1.54) is 5.69 Å². The van der Waals surface area contributed by atoms with Crippen molar-refractivity contribution >= 4 is 11.6 Å². The van der Waals surface area contributed by atoms with Gasteiger partial charge < -0.3 is 5.73 Å². The summed E-state index contributed by atoms with van der Waals surface area (Å²) in [7, 11) is 0. The van der Waals surface area contributed by atoms with Crippen LogP contribution in [0.2, 0.25) is 5.02 Å². The second-order valence-corrected chi connectivity index (χ2v) is 5.47. The highest BCUT2D eigenvalue weighted by Crippen LogP contribution is 2.25. The maximum absolute atomic E-state index is 6.37. The molecule has 0 bridgehead atoms. The van der Waals surface area contributed by atoms with Gasteiger partial charge in [0.15, 0.2) is 0 Å². The summed E-state index contributed by atoms with van der Waals surface area (Å²) in [6.45, 7) is 7.11. The Hall–Kier alpha value is -1.32. The van der Waals surface area contributed by atoms with E-state index in [1.807, 2.05) is 23.7 Å². The van der Waals surface area contributed by atoms with E-state index in [2.05, 4.69) is 31.1 Å². The van der Waals surface area contributed by atoms with Crippen LogP contribution in [0.25, 0.3) is 0 Å². The molecule has 0 fully saturated rings. The summed E-state index contributed by atoms with van der Waals surface area (Å²) in [6, 6.07) is 8.01. The first kappa shape index (κ1) is 15.1. The van der Waals surface area contributed by atoms with Crippen molar-refractivity contribution in [1.29, 1.82) is 0 Å². The number of nitrogens with two attached hydrogens (primary N) is 1. The average Bonchev–Trinajstić information content (AvgIpc) is 2.84. The predicted octanol–water partition coefficient (Wildman–Crippen LogP) is 3.67. The summed E-state index contributed by atoms with van der Waals surface area (Å²) in [6.07, 6.45) is 1.73. The molecule has 2 N–H and O–H groups in total. The Labute approximate surface area is 125 Å². The third-order valence-corrected chi connectivity index (χ3v) is 4.12. The maximum atomic E-state index is 6.37. The van der Waals surface area contributed by atoms with Crippen LogP contribution in [0.1, 0.15) is 42.4 Å². The van der Waals surface area contributed by atoms with Crippen LogP contribution in [0, 0.1) is 6.92 Å². The molecule has 1 unspecified atom stereocenters. The lowest BCUT2D eigenvalue weighted by atomic mass is 9.98. The minimum absolute atomic E-state index is 0.0552. The molecule has 0 aliphatic rings. The second kappa shape index (κ2) is 6.42. The molecule has 1 atom stereocenters. The normalized spacial score (nSPS) is 12.7. The predicted molar refractivity (Wildman–Crippen MR) is 84.1 cm³/mol. The molecule has 0 aliphatic heterocycles. The molecule has 2 rings (SSSR count). The van der Waals surface area contributed by atoms with Crippen LogP contribution in [0.5, 0.6) is 0 Å². The molecule has 0 spiro atoms. The van der Waals surface area contributed by atoms with Crippen molar-refractivity contribution in [2.45, 2.75) is 46.2 Å². The van der Waals surface area contributed by atoms with Gasteiger partial charge in [0, 0.05) is 29.7 Å². The molecular formula is C16H22ClN3. The van der Waals surface area contributed by atoms with Crippen molar-refractivity contribution in [3.63, 3.8) is 0 Å². The van der Waals surface area contributed by atoms with E-state index in [0.717, 1.165) is 41.2 Å². The molecule has 4 heteroatoms. The van der Waals surface area contributed by atoms with Crippen molar-refractivity contribution in [3.8, 4) is 0 Å². The van der Waals surface area contributed by atoms with Crippen molar-refractivity contribution in [1.82, 2.24) is 9.78 Å². The fraction of sp³-hybridized carbons (Fsp3) is 0.438. The molecule has 1 aromatic carbocycles. The van der Waals surface area contributed by atoms with E-state index in [9.17, 15) is 0 Å². The highest BCUT2D eigenvalue weighted by molar-refractivity contribution is 6.31. The molecule has 3 nitrogen and oxygen atoms in total. The third kappa shape index (κ3) is 3.05. The lowest BCUT2D eigenvalue weighted by Crippen LogP contribution is -2.17. The monoisotopic (exact) mass is 291 g/mol. The summed E-state index contributed by atoms with van der Waals surface area (Å²) >= 11 is 6.17. The van der Waals surface area contributed by atoms with E-state index in [4.69, 9.17) is 17.3 Å². The standard InChI is InChI=1S/C16H22ClN3/c1-4-12-9-13(20(5-2)19-12)10-16(18)14-7-6-8-15(17)11(14)3/h6-9,16H,4-5,10,18H2,1-3H3. The summed E-state index contributed by atoms with van der Waals surface area (Å²) in [5.41, 5.74) is 10.9. The van der Waals surface area contributed by atoms with Crippen LogP contribution in [-0.4, -0.2) is 9.78 Å². The number of aromatic nitrogens is 2. The van der Waals surface area contributed by atoms with Crippen LogP contribution >= 0.6 is 11.6 Å². The largest absolute Gasteiger partial charge is 0.324 e. The molecule has 1 heterocycles. The van der Waals surface area contributed by atoms with Gasteiger partial charge in [-0.25, -0.2) is 0 Å². The lowest BCUT2D eigenvalue weighted by Gasteiger charge is -2.16. The van der Waals surface area contributed by atoms with E-state index in [-0.39, 0.29) is 6.04 Å².